The molecule has 1 aromatic carbocycles. The lowest BCUT2D eigenvalue weighted by Gasteiger charge is -2.36. The Hall–Kier alpha value is -1.33. The van der Waals surface area contributed by atoms with Gasteiger partial charge in [-0.2, -0.15) is 0 Å². The zero-order valence-corrected chi connectivity index (χ0v) is 17.0. The van der Waals surface area contributed by atoms with Gasteiger partial charge in [0.1, 0.15) is 11.8 Å². The van der Waals surface area contributed by atoms with Crippen molar-refractivity contribution in [3.8, 4) is 5.75 Å². The topological polar surface area (TPSA) is 61.5 Å². The van der Waals surface area contributed by atoms with Gasteiger partial charge < -0.3 is 14.9 Å². The van der Waals surface area contributed by atoms with Crippen LogP contribution in [0.2, 0.25) is 18.1 Å². The van der Waals surface area contributed by atoms with Gasteiger partial charge in [0.2, 0.25) is 8.32 Å². The summed E-state index contributed by atoms with van der Waals surface area (Å²) in [6.07, 6.45) is 2.35. The summed E-state index contributed by atoms with van der Waals surface area (Å²) in [7, 11) is -1.83. The molecule has 0 amide bonds. The van der Waals surface area contributed by atoms with Crippen LogP contribution in [-0.4, -0.2) is 26.9 Å². The summed E-state index contributed by atoms with van der Waals surface area (Å²) < 4.78 is 11.4. The predicted molar refractivity (Wildman–Crippen MR) is 102 cm³/mol. The largest absolute Gasteiger partial charge is 0.544 e. The first-order valence-corrected chi connectivity index (χ1v) is 11.7. The number of unbranched alkanes of at least 4 members (excludes halogenated alkanes) is 1. The first-order valence-electron chi connectivity index (χ1n) is 8.77. The van der Waals surface area contributed by atoms with E-state index in [2.05, 4.69) is 40.8 Å². The lowest BCUT2D eigenvalue weighted by atomic mass is 10.1. The average molecular weight is 352 g/mol. The van der Waals surface area contributed by atoms with E-state index in [9.17, 15) is 4.79 Å². The Morgan fingerprint density at radius 1 is 1.21 bits per heavy atom. The third kappa shape index (κ3) is 6.28. The van der Waals surface area contributed by atoms with Gasteiger partial charge >= 0.3 is 5.97 Å². The van der Waals surface area contributed by atoms with Crippen molar-refractivity contribution in [3.63, 3.8) is 0 Å². The third-order valence-corrected chi connectivity index (χ3v) is 8.96. The summed E-state index contributed by atoms with van der Waals surface area (Å²) >= 11 is 0. The molecular weight excluding hydrogens is 318 g/mol. The molecular formula is C19H33NO3Si. The van der Waals surface area contributed by atoms with E-state index in [1.807, 2.05) is 24.3 Å². The van der Waals surface area contributed by atoms with E-state index in [-0.39, 0.29) is 11.0 Å². The van der Waals surface area contributed by atoms with Crippen LogP contribution in [0.5, 0.6) is 5.75 Å². The lowest BCUT2D eigenvalue weighted by Crippen LogP contribution is -2.43. The van der Waals surface area contributed by atoms with E-state index in [4.69, 9.17) is 14.9 Å². The van der Waals surface area contributed by atoms with Crippen molar-refractivity contribution in [2.75, 3.05) is 6.61 Å². The number of carbonyl (C=O) groups excluding carboxylic acids is 1. The second-order valence-electron chi connectivity index (χ2n) is 7.84. The maximum absolute atomic E-state index is 11.8. The minimum atomic E-state index is -1.83. The van der Waals surface area contributed by atoms with Gasteiger partial charge in [-0.3, -0.25) is 4.79 Å². The zero-order valence-electron chi connectivity index (χ0n) is 16.0. The molecule has 5 heteroatoms. The normalized spacial score (nSPS) is 13.5. The molecule has 0 aliphatic rings. The molecule has 4 nitrogen and oxygen atoms in total. The number of hydrogen-bond acceptors (Lipinski definition) is 4. The van der Waals surface area contributed by atoms with E-state index in [0.29, 0.717) is 13.0 Å². The molecule has 0 spiro atoms. The molecule has 136 valence electrons. The van der Waals surface area contributed by atoms with Gasteiger partial charge in [0.05, 0.1) is 6.61 Å². The highest BCUT2D eigenvalue weighted by Crippen LogP contribution is 2.37. The highest BCUT2D eigenvalue weighted by atomic mass is 28.4. The van der Waals surface area contributed by atoms with Crippen LogP contribution in [0.3, 0.4) is 0 Å². The van der Waals surface area contributed by atoms with Crippen LogP contribution >= 0.6 is 0 Å². The molecule has 0 heterocycles. The minimum absolute atomic E-state index is 0.163. The molecule has 1 rings (SSSR count). The Morgan fingerprint density at radius 2 is 1.79 bits per heavy atom. The zero-order chi connectivity index (χ0) is 18.4. The Balaban J connectivity index is 2.60. The van der Waals surface area contributed by atoms with Crippen LogP contribution in [0.25, 0.3) is 0 Å². The molecule has 0 aromatic heterocycles. The van der Waals surface area contributed by atoms with Crippen molar-refractivity contribution in [3.05, 3.63) is 29.8 Å². The SMILES string of the molecule is CCCCOC(=O)C(N)Cc1ccc(O[Si](C)(C)C(C)(C)C)cc1. The summed E-state index contributed by atoms with van der Waals surface area (Å²) in [5, 5.41) is 0.163. The van der Waals surface area contributed by atoms with Gasteiger partial charge in [0.25, 0.3) is 0 Å². The third-order valence-electron chi connectivity index (χ3n) is 4.60. The standard InChI is InChI=1S/C19H33NO3Si/c1-7-8-13-22-18(21)17(20)14-15-9-11-16(12-10-15)23-24(5,6)19(2,3)4/h9-12,17H,7-8,13-14,20H2,1-6H3. The molecule has 0 bridgehead atoms. The molecule has 0 aliphatic heterocycles. The van der Waals surface area contributed by atoms with Crippen LogP contribution < -0.4 is 10.2 Å². The fraction of sp³-hybridized carbons (Fsp3) is 0.632. The van der Waals surface area contributed by atoms with E-state index >= 15 is 0 Å². The molecule has 0 radical (unpaired) electrons. The maximum atomic E-state index is 11.8. The van der Waals surface area contributed by atoms with Gasteiger partial charge in [-0.25, -0.2) is 0 Å². The Labute approximate surface area is 147 Å². The Kier molecular flexibility index (Phi) is 7.48. The molecule has 24 heavy (non-hydrogen) atoms. The second kappa shape index (κ2) is 8.67. The highest BCUT2D eigenvalue weighted by Gasteiger charge is 2.38. The quantitative estimate of drug-likeness (QED) is 0.431. The molecule has 0 saturated heterocycles. The molecule has 0 fully saturated rings. The second-order valence-corrected chi connectivity index (χ2v) is 12.6. The first kappa shape index (κ1) is 20.7. The number of carbonyl (C=O) groups is 1. The number of benzene rings is 1. The van der Waals surface area contributed by atoms with E-state index in [1.165, 1.54) is 0 Å². The Bertz CT molecular complexity index is 520. The number of rotatable bonds is 8. The average Bonchev–Trinajstić information content (AvgIpc) is 2.48. The summed E-state index contributed by atoms with van der Waals surface area (Å²) in [6.45, 7) is 13.6. The van der Waals surface area contributed by atoms with Gasteiger partial charge in [0.15, 0.2) is 0 Å². The van der Waals surface area contributed by atoms with Crippen LogP contribution in [0.1, 0.15) is 46.1 Å². The van der Waals surface area contributed by atoms with Gasteiger partial charge in [0, 0.05) is 0 Å². The fourth-order valence-electron chi connectivity index (χ4n) is 1.90. The first-order chi connectivity index (χ1) is 11.1. The monoisotopic (exact) mass is 351 g/mol. The van der Waals surface area contributed by atoms with Crippen molar-refractivity contribution in [2.45, 2.75) is 71.1 Å². The number of esters is 1. The van der Waals surface area contributed by atoms with Crippen molar-refractivity contribution >= 4 is 14.3 Å². The molecule has 0 aliphatic carbocycles. The molecule has 0 saturated carbocycles. The van der Waals surface area contributed by atoms with Crippen molar-refractivity contribution in [1.29, 1.82) is 0 Å². The Morgan fingerprint density at radius 3 is 2.29 bits per heavy atom. The fourth-order valence-corrected chi connectivity index (χ4v) is 2.93. The van der Waals surface area contributed by atoms with Crippen molar-refractivity contribution in [2.24, 2.45) is 5.73 Å². The number of hydrogen-bond donors (Lipinski definition) is 1. The lowest BCUT2D eigenvalue weighted by molar-refractivity contribution is -0.145. The minimum Gasteiger partial charge on any atom is -0.544 e. The smallest absolute Gasteiger partial charge is 0.323 e. The maximum Gasteiger partial charge on any atom is 0.323 e. The van der Waals surface area contributed by atoms with E-state index in [0.717, 1.165) is 24.2 Å². The summed E-state index contributed by atoms with van der Waals surface area (Å²) in [4.78, 5) is 11.8. The van der Waals surface area contributed by atoms with Crippen LogP contribution in [0.15, 0.2) is 24.3 Å². The van der Waals surface area contributed by atoms with Crippen LogP contribution in [0.4, 0.5) is 0 Å². The van der Waals surface area contributed by atoms with E-state index < -0.39 is 14.4 Å². The van der Waals surface area contributed by atoms with E-state index in [1.54, 1.807) is 0 Å². The van der Waals surface area contributed by atoms with Crippen LogP contribution in [0, 0.1) is 0 Å². The van der Waals surface area contributed by atoms with Crippen molar-refractivity contribution in [1.82, 2.24) is 0 Å². The highest BCUT2D eigenvalue weighted by molar-refractivity contribution is 6.74. The van der Waals surface area contributed by atoms with Crippen LogP contribution in [-0.2, 0) is 16.0 Å². The van der Waals surface area contributed by atoms with Gasteiger partial charge in [-0.15, -0.1) is 0 Å². The summed E-state index contributed by atoms with van der Waals surface area (Å²) in [5.74, 6) is 0.550. The van der Waals surface area contributed by atoms with Gasteiger partial charge in [-0.05, 0) is 48.7 Å². The van der Waals surface area contributed by atoms with Crippen molar-refractivity contribution < 1.29 is 14.0 Å². The summed E-state index contributed by atoms with van der Waals surface area (Å²) in [5.41, 5.74) is 6.94. The molecule has 1 atom stereocenters. The molecule has 1 aromatic rings. The molecule has 1 unspecified atom stereocenters. The molecule has 2 N–H and O–H groups in total. The number of nitrogens with two attached hydrogens (primary N) is 1. The predicted octanol–water partition coefficient (Wildman–Crippen LogP) is 4.28. The number of ether oxygens (including phenoxy) is 1. The summed E-state index contributed by atoms with van der Waals surface area (Å²) in [6, 6.07) is 7.26. The van der Waals surface area contributed by atoms with Gasteiger partial charge in [-0.1, -0.05) is 46.2 Å².